The van der Waals surface area contributed by atoms with E-state index in [9.17, 15) is 0 Å². The molecule has 208 valence electrons. The van der Waals surface area contributed by atoms with Crippen molar-refractivity contribution in [2.45, 2.75) is 50.6 Å². The van der Waals surface area contributed by atoms with Gasteiger partial charge in [-0.2, -0.15) is 0 Å². The third-order valence-corrected chi connectivity index (χ3v) is 11.2. The van der Waals surface area contributed by atoms with E-state index in [1.807, 2.05) is 0 Å². The maximum Gasteiger partial charge on any atom is 5.00 e. The molecule has 4 rings (SSSR count). The number of rotatable bonds is 5. The van der Waals surface area contributed by atoms with Gasteiger partial charge in [0.2, 0.25) is 0 Å². The molecule has 2 aromatic rings. The fourth-order valence-electron chi connectivity index (χ4n) is 4.10. The minimum absolute atomic E-state index is 0. The average Bonchev–Trinajstić information content (AvgIpc) is 3.15. The van der Waals surface area contributed by atoms with Gasteiger partial charge in [-0.05, 0) is 88.1 Å². The van der Waals surface area contributed by atoms with Crippen LogP contribution in [0.1, 0.15) is 44.9 Å². The van der Waals surface area contributed by atoms with Crippen molar-refractivity contribution in [3.63, 3.8) is 0 Å². The number of hydrogen-bond donors (Lipinski definition) is 0. The van der Waals surface area contributed by atoms with Crippen LogP contribution in [0.25, 0.3) is 0 Å². The van der Waals surface area contributed by atoms with E-state index in [4.69, 9.17) is 0 Å². The molecule has 0 spiro atoms. The van der Waals surface area contributed by atoms with Gasteiger partial charge in [0.1, 0.15) is 0 Å². The summed E-state index contributed by atoms with van der Waals surface area (Å²) in [6.45, 7) is 2.51. The molecule has 0 aromatic heterocycles. The topological polar surface area (TPSA) is 0 Å². The largest absolute Gasteiger partial charge is 5.00 e. The fourth-order valence-corrected chi connectivity index (χ4v) is 8.99. The molecule has 37 heavy (non-hydrogen) atoms. The fraction of sp³-hybridized carbons (Fsp3) is 0.407. The van der Waals surface area contributed by atoms with Gasteiger partial charge >= 0.3 is 43.9 Å². The Bertz CT molecular complexity index is 707. The third kappa shape index (κ3) is 18.7. The summed E-state index contributed by atoms with van der Waals surface area (Å²) in [4.78, 5) is 0. The second-order valence-corrected chi connectivity index (χ2v) is 13.0. The summed E-state index contributed by atoms with van der Waals surface area (Å²) in [5, 5.41) is 3.08. The Morgan fingerprint density at radius 1 is 0.676 bits per heavy atom. The number of hydrogen-bond acceptors (Lipinski definition) is 0. The summed E-state index contributed by atoms with van der Waals surface area (Å²) >= 11 is 0. The van der Waals surface area contributed by atoms with Gasteiger partial charge in [-0.15, -0.1) is 7.92 Å². The molecule has 10 heteroatoms. The normalized spacial score (nSPS) is 18.4. The zero-order chi connectivity index (χ0) is 20.2. The molecule has 0 saturated carbocycles. The number of benzene rings is 2. The van der Waals surface area contributed by atoms with Crippen LogP contribution in [0.2, 0.25) is 0 Å². The molecule has 0 N–H and O–H groups in total. The van der Waals surface area contributed by atoms with Crippen molar-refractivity contribution >= 4 is 50.9 Å². The van der Waals surface area contributed by atoms with Crippen molar-refractivity contribution in [3.8, 4) is 0 Å². The molecular formula is C27H36F6P2RhSb+2. The van der Waals surface area contributed by atoms with Crippen LogP contribution in [0.15, 0.2) is 85.0 Å². The monoisotopic (exact) mass is 760 g/mol. The van der Waals surface area contributed by atoms with Gasteiger partial charge in [0.25, 0.3) is 0 Å². The van der Waals surface area contributed by atoms with Crippen molar-refractivity contribution < 1.29 is 47.7 Å². The Balaban J connectivity index is -0.000000133. The van der Waals surface area contributed by atoms with E-state index in [1.165, 1.54) is 67.9 Å². The van der Waals surface area contributed by atoms with E-state index in [0.717, 1.165) is 5.66 Å². The van der Waals surface area contributed by atoms with E-state index in [1.54, 1.807) is 0 Å². The Labute approximate surface area is 251 Å². The van der Waals surface area contributed by atoms with E-state index in [0.29, 0.717) is 7.92 Å². The van der Waals surface area contributed by atoms with Crippen molar-refractivity contribution in [2.75, 3.05) is 19.0 Å². The first-order valence-corrected chi connectivity index (χ1v) is 14.8. The SMILES string of the molecule is C1=C\CC/C=C\CC/1.C[P@]1CCC[C@H]1CCP(c1ccccc1)c1ccccc1.[F-].[F-].[F-].[F-].[F-].[F-].[Rh+3].[Sb+5]. The van der Waals surface area contributed by atoms with Gasteiger partial charge in [0.05, 0.1) is 0 Å². The second kappa shape index (κ2) is 30.3. The Kier molecular flexibility index (Phi) is 40.8. The van der Waals surface area contributed by atoms with E-state index in [2.05, 4.69) is 91.6 Å². The molecular weight excluding hydrogens is 725 g/mol. The minimum Gasteiger partial charge on any atom is -1.00 e. The van der Waals surface area contributed by atoms with E-state index >= 15 is 0 Å². The van der Waals surface area contributed by atoms with Gasteiger partial charge in [-0.1, -0.05) is 85.0 Å². The van der Waals surface area contributed by atoms with Crippen molar-refractivity contribution in [3.05, 3.63) is 85.0 Å². The van der Waals surface area contributed by atoms with Crippen molar-refractivity contribution in [1.29, 1.82) is 0 Å². The summed E-state index contributed by atoms with van der Waals surface area (Å²) < 4.78 is 0. The van der Waals surface area contributed by atoms with E-state index in [-0.39, 0.29) is 80.1 Å². The summed E-state index contributed by atoms with van der Waals surface area (Å²) in [6, 6.07) is 22.3. The maximum atomic E-state index is 2.51. The van der Waals surface area contributed by atoms with Crippen molar-refractivity contribution in [1.82, 2.24) is 0 Å². The molecule has 1 aliphatic heterocycles. The molecule has 0 radical (unpaired) electrons. The summed E-state index contributed by atoms with van der Waals surface area (Å²) in [6.07, 6.45) is 21.3. The maximum absolute atomic E-state index is 2.51. The molecule has 1 heterocycles. The predicted octanol–water partition coefficient (Wildman–Crippen LogP) is -10.9. The summed E-state index contributed by atoms with van der Waals surface area (Å²) in [5.74, 6) is 0. The predicted molar refractivity (Wildman–Crippen MR) is 142 cm³/mol. The van der Waals surface area contributed by atoms with Gasteiger partial charge in [0, 0.05) is 0 Å². The van der Waals surface area contributed by atoms with Crippen LogP contribution >= 0.6 is 15.8 Å². The standard InChI is InChI=1S/C19H24P2.C8H12.6FH.Rh.Sb/c1-20-15-8-13-17(20)14-16-21(18-9-4-2-5-10-18)19-11-6-3-7-12-19;1-2-4-6-8-7-5-3-1;;;;;;;;/h2-7,9-12,17H,8,13-16H2,1H3;1-2,7-8H,3-6H2;6*1H;;/q;;;;;;;;+3;+5/p-6/b;2-1-,8-7-;;;;;;;;/t17-,20+;;;;;;;;;/m0........./s1. The Morgan fingerprint density at radius 3 is 1.38 bits per heavy atom. The Hall–Kier alpha value is -0.198. The molecule has 1 aliphatic carbocycles. The van der Waals surface area contributed by atoms with Crippen LogP contribution in [0.5, 0.6) is 0 Å². The van der Waals surface area contributed by atoms with Gasteiger partial charge in [0.15, 0.2) is 0 Å². The third-order valence-electron chi connectivity index (χ3n) is 5.83. The molecule has 0 nitrogen and oxygen atoms in total. The second-order valence-electron chi connectivity index (χ2n) is 7.99. The molecule has 2 aliphatic rings. The van der Waals surface area contributed by atoms with Crippen LogP contribution in [0, 0.1) is 0 Å². The van der Waals surface area contributed by atoms with E-state index < -0.39 is 0 Å². The molecule has 0 unspecified atom stereocenters. The van der Waals surface area contributed by atoms with Crippen LogP contribution in [-0.2, 0) is 19.5 Å². The first-order chi connectivity index (χ1) is 14.3. The molecule has 0 bridgehead atoms. The minimum atomic E-state index is -0.176. The van der Waals surface area contributed by atoms with Gasteiger partial charge < -0.3 is 28.2 Å². The molecule has 2 atom stereocenters. The van der Waals surface area contributed by atoms with Crippen LogP contribution < -0.4 is 38.8 Å². The average molecular weight is 761 g/mol. The summed E-state index contributed by atoms with van der Waals surface area (Å²) in [7, 11) is 0.138. The smallest absolute Gasteiger partial charge is 1.00 e. The molecule has 0 amide bonds. The zero-order valence-electron chi connectivity index (χ0n) is 21.0. The molecule has 1 saturated heterocycles. The van der Waals surface area contributed by atoms with Crippen LogP contribution in [0.3, 0.4) is 0 Å². The summed E-state index contributed by atoms with van der Waals surface area (Å²) in [5.41, 5.74) is 1.03. The van der Waals surface area contributed by atoms with Gasteiger partial charge in [-0.25, -0.2) is 0 Å². The van der Waals surface area contributed by atoms with Crippen LogP contribution in [-0.4, -0.2) is 49.1 Å². The van der Waals surface area contributed by atoms with Crippen molar-refractivity contribution in [2.24, 2.45) is 0 Å². The van der Waals surface area contributed by atoms with Crippen LogP contribution in [0.4, 0.5) is 0 Å². The number of halogens is 6. The molecule has 2 aromatic carbocycles. The first-order valence-electron chi connectivity index (χ1n) is 11.2. The Morgan fingerprint density at radius 2 is 1.05 bits per heavy atom. The zero-order valence-corrected chi connectivity index (χ0v) is 26.9. The van der Waals surface area contributed by atoms with Gasteiger partial charge in [-0.3, -0.25) is 0 Å². The first kappa shape index (κ1) is 49.7. The molecule has 1 fully saturated rings. The number of allylic oxidation sites excluding steroid dienone is 4. The quantitative estimate of drug-likeness (QED) is 0.123.